The molecule has 0 saturated heterocycles. The van der Waals surface area contributed by atoms with E-state index in [-0.39, 0.29) is 5.82 Å². The number of anilines is 1. The molecular formula is C16H17BrFN. The SMILES string of the molecule is CC(C)c1cccc(NCc2ccc(F)c(Br)c2)c1. The Bertz CT molecular complexity index is 566. The van der Waals surface area contributed by atoms with Crippen molar-refractivity contribution in [2.75, 3.05) is 5.32 Å². The molecule has 0 amide bonds. The van der Waals surface area contributed by atoms with Gasteiger partial charge in [0, 0.05) is 12.2 Å². The van der Waals surface area contributed by atoms with Crippen molar-refractivity contribution in [1.82, 2.24) is 0 Å². The van der Waals surface area contributed by atoms with Crippen molar-refractivity contribution >= 4 is 21.6 Å². The zero-order valence-corrected chi connectivity index (χ0v) is 12.7. The van der Waals surface area contributed by atoms with E-state index in [4.69, 9.17) is 0 Å². The van der Waals surface area contributed by atoms with Crippen LogP contribution in [0.5, 0.6) is 0 Å². The van der Waals surface area contributed by atoms with E-state index >= 15 is 0 Å². The summed E-state index contributed by atoms with van der Waals surface area (Å²) >= 11 is 3.20. The third kappa shape index (κ3) is 3.80. The van der Waals surface area contributed by atoms with Gasteiger partial charge in [0.1, 0.15) is 5.82 Å². The van der Waals surface area contributed by atoms with Gasteiger partial charge in [0.25, 0.3) is 0 Å². The van der Waals surface area contributed by atoms with Gasteiger partial charge < -0.3 is 5.32 Å². The van der Waals surface area contributed by atoms with Crippen molar-refractivity contribution in [2.45, 2.75) is 26.3 Å². The molecule has 0 radical (unpaired) electrons. The van der Waals surface area contributed by atoms with E-state index in [2.05, 4.69) is 53.3 Å². The molecule has 2 rings (SSSR count). The highest BCUT2D eigenvalue weighted by atomic mass is 79.9. The summed E-state index contributed by atoms with van der Waals surface area (Å²) in [6, 6.07) is 13.5. The second-order valence-electron chi connectivity index (χ2n) is 4.88. The molecule has 0 spiro atoms. The molecule has 0 heterocycles. The summed E-state index contributed by atoms with van der Waals surface area (Å²) in [7, 11) is 0. The molecule has 0 unspecified atom stereocenters. The van der Waals surface area contributed by atoms with E-state index in [9.17, 15) is 4.39 Å². The molecule has 0 aliphatic rings. The number of hydrogen-bond donors (Lipinski definition) is 1. The van der Waals surface area contributed by atoms with Gasteiger partial charge in [0.2, 0.25) is 0 Å². The lowest BCUT2D eigenvalue weighted by Crippen LogP contribution is -2.00. The third-order valence-corrected chi connectivity index (χ3v) is 3.64. The number of benzene rings is 2. The summed E-state index contributed by atoms with van der Waals surface area (Å²) < 4.78 is 13.6. The van der Waals surface area contributed by atoms with Gasteiger partial charge in [-0.25, -0.2) is 4.39 Å². The van der Waals surface area contributed by atoms with Crippen LogP contribution in [-0.2, 0) is 6.54 Å². The molecule has 0 aromatic heterocycles. The molecule has 100 valence electrons. The predicted octanol–water partition coefficient (Wildman–Crippen LogP) is 5.32. The minimum Gasteiger partial charge on any atom is -0.381 e. The highest BCUT2D eigenvalue weighted by Gasteiger charge is 2.02. The van der Waals surface area contributed by atoms with Crippen molar-refractivity contribution in [1.29, 1.82) is 0 Å². The fraction of sp³-hybridized carbons (Fsp3) is 0.250. The Hall–Kier alpha value is -1.35. The summed E-state index contributed by atoms with van der Waals surface area (Å²) in [5, 5.41) is 3.36. The van der Waals surface area contributed by atoms with Crippen molar-refractivity contribution < 1.29 is 4.39 Å². The number of hydrogen-bond acceptors (Lipinski definition) is 1. The molecule has 0 aliphatic heterocycles. The number of nitrogens with one attached hydrogen (secondary N) is 1. The Morgan fingerprint density at radius 3 is 2.63 bits per heavy atom. The van der Waals surface area contributed by atoms with E-state index < -0.39 is 0 Å². The minimum atomic E-state index is -0.231. The molecule has 3 heteroatoms. The Labute approximate surface area is 122 Å². The molecule has 0 atom stereocenters. The molecule has 0 saturated carbocycles. The van der Waals surface area contributed by atoms with Crippen LogP contribution in [0.1, 0.15) is 30.9 Å². The lowest BCUT2D eigenvalue weighted by Gasteiger charge is -2.10. The van der Waals surface area contributed by atoms with Gasteiger partial charge in [-0.2, -0.15) is 0 Å². The topological polar surface area (TPSA) is 12.0 Å². The fourth-order valence-electron chi connectivity index (χ4n) is 1.86. The highest BCUT2D eigenvalue weighted by molar-refractivity contribution is 9.10. The van der Waals surface area contributed by atoms with E-state index in [1.807, 2.05) is 6.07 Å². The van der Waals surface area contributed by atoms with Gasteiger partial charge in [0.15, 0.2) is 0 Å². The second-order valence-corrected chi connectivity index (χ2v) is 5.74. The monoisotopic (exact) mass is 321 g/mol. The van der Waals surface area contributed by atoms with E-state index in [1.54, 1.807) is 12.1 Å². The largest absolute Gasteiger partial charge is 0.381 e. The first kappa shape index (κ1) is 14.1. The van der Waals surface area contributed by atoms with Gasteiger partial charge in [-0.05, 0) is 57.2 Å². The van der Waals surface area contributed by atoms with E-state index in [1.165, 1.54) is 11.6 Å². The van der Waals surface area contributed by atoms with Gasteiger partial charge in [-0.15, -0.1) is 0 Å². The normalized spacial score (nSPS) is 10.8. The Morgan fingerprint density at radius 2 is 1.95 bits per heavy atom. The van der Waals surface area contributed by atoms with E-state index in [0.717, 1.165) is 11.3 Å². The van der Waals surface area contributed by atoms with Crippen LogP contribution in [0.4, 0.5) is 10.1 Å². The Morgan fingerprint density at radius 1 is 1.16 bits per heavy atom. The maximum Gasteiger partial charge on any atom is 0.137 e. The quantitative estimate of drug-likeness (QED) is 0.803. The van der Waals surface area contributed by atoms with Crippen LogP contribution in [0.2, 0.25) is 0 Å². The molecule has 2 aromatic carbocycles. The maximum atomic E-state index is 13.1. The Kier molecular flexibility index (Phi) is 4.59. The molecule has 1 nitrogen and oxygen atoms in total. The van der Waals surface area contributed by atoms with E-state index in [0.29, 0.717) is 16.9 Å². The molecule has 0 aliphatic carbocycles. The zero-order chi connectivity index (χ0) is 13.8. The van der Waals surface area contributed by atoms with Crippen LogP contribution >= 0.6 is 15.9 Å². The molecule has 19 heavy (non-hydrogen) atoms. The van der Waals surface area contributed by atoms with Crippen molar-refractivity contribution in [2.24, 2.45) is 0 Å². The van der Waals surface area contributed by atoms with Crippen LogP contribution in [0.3, 0.4) is 0 Å². The lowest BCUT2D eigenvalue weighted by atomic mass is 10.0. The summed E-state index contributed by atoms with van der Waals surface area (Å²) in [6.45, 7) is 5.03. The minimum absolute atomic E-state index is 0.231. The highest BCUT2D eigenvalue weighted by Crippen LogP contribution is 2.20. The standard InChI is InChI=1S/C16H17BrFN/c1-11(2)13-4-3-5-14(9-13)19-10-12-6-7-16(18)15(17)8-12/h3-9,11,19H,10H2,1-2H3. The van der Waals surface area contributed by atoms with Crippen LogP contribution in [-0.4, -0.2) is 0 Å². The molecule has 1 N–H and O–H groups in total. The summed E-state index contributed by atoms with van der Waals surface area (Å²) in [5.41, 5.74) is 3.44. The van der Waals surface area contributed by atoms with Crippen molar-refractivity contribution in [3.05, 3.63) is 63.9 Å². The zero-order valence-electron chi connectivity index (χ0n) is 11.1. The van der Waals surface area contributed by atoms with Gasteiger partial charge in [-0.3, -0.25) is 0 Å². The second kappa shape index (κ2) is 6.20. The summed E-state index contributed by atoms with van der Waals surface area (Å²) in [6.07, 6.45) is 0. The van der Waals surface area contributed by atoms with Gasteiger partial charge in [-0.1, -0.05) is 32.0 Å². The maximum absolute atomic E-state index is 13.1. The van der Waals surface area contributed by atoms with Crippen LogP contribution in [0, 0.1) is 5.82 Å². The summed E-state index contributed by atoms with van der Waals surface area (Å²) in [4.78, 5) is 0. The summed E-state index contributed by atoms with van der Waals surface area (Å²) in [5.74, 6) is 0.285. The first-order valence-electron chi connectivity index (χ1n) is 6.34. The van der Waals surface area contributed by atoms with Crippen LogP contribution in [0.25, 0.3) is 0 Å². The molecule has 0 fully saturated rings. The Balaban J connectivity index is 2.05. The molecular weight excluding hydrogens is 305 g/mol. The predicted molar refractivity (Wildman–Crippen MR) is 82.0 cm³/mol. The molecule has 2 aromatic rings. The third-order valence-electron chi connectivity index (χ3n) is 3.03. The number of rotatable bonds is 4. The first-order valence-corrected chi connectivity index (χ1v) is 7.13. The molecule has 0 bridgehead atoms. The van der Waals surface area contributed by atoms with Gasteiger partial charge in [0.05, 0.1) is 4.47 Å². The van der Waals surface area contributed by atoms with Crippen molar-refractivity contribution in [3.63, 3.8) is 0 Å². The van der Waals surface area contributed by atoms with Crippen LogP contribution in [0.15, 0.2) is 46.9 Å². The van der Waals surface area contributed by atoms with Gasteiger partial charge >= 0.3 is 0 Å². The lowest BCUT2D eigenvalue weighted by molar-refractivity contribution is 0.620. The number of halogens is 2. The van der Waals surface area contributed by atoms with Crippen molar-refractivity contribution in [3.8, 4) is 0 Å². The van der Waals surface area contributed by atoms with Crippen LogP contribution < -0.4 is 5.32 Å². The average Bonchev–Trinajstić information content (AvgIpc) is 2.40. The fourth-order valence-corrected chi connectivity index (χ4v) is 2.29. The first-order chi connectivity index (χ1) is 9.06. The smallest absolute Gasteiger partial charge is 0.137 e. The average molecular weight is 322 g/mol.